The second kappa shape index (κ2) is 17.1. The molecule has 12 nitrogen and oxygen atoms in total. The molecule has 0 bridgehead atoms. The maximum atomic E-state index is 13.8. The number of carbonyl (C=O) groups is 4. The summed E-state index contributed by atoms with van der Waals surface area (Å²) in [4.78, 5) is 61.6. The van der Waals surface area contributed by atoms with E-state index < -0.39 is 29.0 Å². The Bertz CT molecular complexity index is 3220. The quantitative estimate of drug-likeness (QED) is 0.123. The van der Waals surface area contributed by atoms with Gasteiger partial charge in [0.15, 0.2) is 13.5 Å². The molecule has 0 saturated heterocycles. The van der Waals surface area contributed by atoms with Crippen molar-refractivity contribution >= 4 is 46.4 Å². The van der Waals surface area contributed by atoms with E-state index in [1.54, 1.807) is 48.5 Å². The SMILES string of the molecule is CC(C)(c1ccc(Oc2ccc3c(c2)C(=O)N(c2ccc4c(c2)CN(c2ccccc2)CO4)C3=O)cc1)c1ccc(Oc2ccc3c(c2)C(=O)N(c2ccc4c(c2)CN(c2ccccc2)CO4)C3=O)cc1. The highest BCUT2D eigenvalue weighted by Gasteiger charge is 2.39. The average Bonchev–Trinajstić information content (AvgIpc) is 3.81. The lowest BCUT2D eigenvalue weighted by Crippen LogP contribution is -2.33. The Hall–Kier alpha value is -9.16. The molecule has 0 radical (unpaired) electrons. The number of benzene rings is 8. The van der Waals surface area contributed by atoms with Crippen LogP contribution in [0.25, 0.3) is 0 Å². The highest BCUT2D eigenvalue weighted by Crippen LogP contribution is 2.40. The van der Waals surface area contributed by atoms with E-state index >= 15 is 0 Å². The van der Waals surface area contributed by atoms with E-state index in [1.165, 1.54) is 9.80 Å². The van der Waals surface area contributed by atoms with Gasteiger partial charge in [-0.2, -0.15) is 0 Å². The molecule has 4 aliphatic heterocycles. The van der Waals surface area contributed by atoms with Crippen LogP contribution in [-0.4, -0.2) is 37.1 Å². The summed E-state index contributed by atoms with van der Waals surface area (Å²) < 4.78 is 24.5. The largest absolute Gasteiger partial charge is 0.473 e. The van der Waals surface area contributed by atoms with Crippen molar-refractivity contribution in [3.63, 3.8) is 0 Å². The van der Waals surface area contributed by atoms with E-state index in [-0.39, 0.29) is 11.1 Å². The fourth-order valence-corrected chi connectivity index (χ4v) is 9.70. The summed E-state index contributed by atoms with van der Waals surface area (Å²) in [6.45, 7) is 6.21. The van der Waals surface area contributed by atoms with Crippen molar-refractivity contribution in [2.24, 2.45) is 0 Å². The van der Waals surface area contributed by atoms with Crippen LogP contribution >= 0.6 is 0 Å². The minimum Gasteiger partial charge on any atom is -0.473 e. The molecule has 12 heteroatoms. The van der Waals surface area contributed by atoms with Crippen LogP contribution in [0, 0.1) is 0 Å². The third kappa shape index (κ3) is 7.75. The normalized spacial score (nSPS) is 14.9. The maximum Gasteiger partial charge on any atom is 0.266 e. The lowest BCUT2D eigenvalue weighted by molar-refractivity contribution is 0.0910. The summed E-state index contributed by atoms with van der Waals surface area (Å²) in [6.07, 6.45) is 0. The molecule has 8 aromatic rings. The van der Waals surface area contributed by atoms with Gasteiger partial charge in [0.1, 0.15) is 34.5 Å². The number of amides is 4. The first-order valence-corrected chi connectivity index (χ1v) is 23.3. The molecule has 4 aliphatic rings. The summed E-state index contributed by atoms with van der Waals surface area (Å²) in [7, 11) is 0. The molecular formula is C59H44N4O8. The number of hydrogen-bond acceptors (Lipinski definition) is 10. The lowest BCUT2D eigenvalue weighted by atomic mass is 9.78. The van der Waals surface area contributed by atoms with Gasteiger partial charge in [-0.1, -0.05) is 74.5 Å². The topological polar surface area (TPSA) is 118 Å². The van der Waals surface area contributed by atoms with Gasteiger partial charge in [-0.3, -0.25) is 19.2 Å². The van der Waals surface area contributed by atoms with Crippen LogP contribution < -0.4 is 38.5 Å². The van der Waals surface area contributed by atoms with Crippen molar-refractivity contribution in [1.82, 2.24) is 0 Å². The number of nitrogens with zero attached hydrogens (tertiary/aromatic N) is 4. The molecule has 12 rings (SSSR count). The molecule has 0 N–H and O–H groups in total. The van der Waals surface area contributed by atoms with Gasteiger partial charge in [0, 0.05) is 41.0 Å². The highest BCUT2D eigenvalue weighted by molar-refractivity contribution is 6.35. The maximum absolute atomic E-state index is 13.8. The van der Waals surface area contributed by atoms with E-state index in [4.69, 9.17) is 18.9 Å². The molecule has 4 amide bonds. The van der Waals surface area contributed by atoms with E-state index in [9.17, 15) is 19.2 Å². The Morgan fingerprint density at radius 2 is 0.775 bits per heavy atom. The van der Waals surface area contributed by atoms with Crippen molar-refractivity contribution in [2.75, 3.05) is 33.1 Å². The molecule has 0 unspecified atom stereocenters. The lowest BCUT2D eigenvalue weighted by Gasteiger charge is -2.31. The Morgan fingerprint density at radius 3 is 1.18 bits per heavy atom. The monoisotopic (exact) mass is 936 g/mol. The molecule has 0 spiro atoms. The molecule has 348 valence electrons. The molecule has 0 aliphatic carbocycles. The number of hydrogen-bond donors (Lipinski definition) is 0. The average molecular weight is 937 g/mol. The van der Waals surface area contributed by atoms with Gasteiger partial charge in [0.25, 0.3) is 23.6 Å². The van der Waals surface area contributed by atoms with Crippen LogP contribution in [0.3, 0.4) is 0 Å². The minimum absolute atomic E-state index is 0.275. The number of anilines is 4. The van der Waals surface area contributed by atoms with Gasteiger partial charge in [-0.15, -0.1) is 0 Å². The number of para-hydroxylation sites is 2. The van der Waals surface area contributed by atoms with Crippen LogP contribution in [0.15, 0.2) is 182 Å². The van der Waals surface area contributed by atoms with Crippen LogP contribution in [0.5, 0.6) is 34.5 Å². The predicted octanol–water partition coefficient (Wildman–Crippen LogP) is 11.9. The standard InChI is InChI=1S/C59H44N4O8/c1-59(2,39-13-19-45(20-14-39)70-47-23-25-49-51(31-47)57(66)62(55(49)64)43-17-27-53-37(29-43)33-60(35-68-53)41-9-5-3-6-10-41)40-15-21-46(22-16-40)71-48-24-26-50-52(32-48)58(67)63(56(50)65)44-18-28-54-38(30-44)34-61(36-69-54)42-11-7-4-8-12-42/h3-32H,33-36H2,1-2H3. The smallest absolute Gasteiger partial charge is 0.266 e. The number of carbonyl (C=O) groups excluding carboxylic acids is 4. The van der Waals surface area contributed by atoms with Crippen molar-refractivity contribution < 1.29 is 38.1 Å². The second-order valence-corrected chi connectivity index (χ2v) is 18.4. The fourth-order valence-electron chi connectivity index (χ4n) is 9.70. The molecule has 71 heavy (non-hydrogen) atoms. The molecule has 8 aromatic carbocycles. The van der Waals surface area contributed by atoms with Crippen molar-refractivity contribution in [1.29, 1.82) is 0 Å². The number of ether oxygens (including phenoxy) is 4. The third-order valence-corrected chi connectivity index (χ3v) is 13.7. The van der Waals surface area contributed by atoms with Crippen molar-refractivity contribution in [3.05, 3.63) is 226 Å². The molecule has 4 heterocycles. The van der Waals surface area contributed by atoms with Gasteiger partial charge in [-0.05, 0) is 132 Å². The first-order chi connectivity index (χ1) is 34.6. The molecule has 0 saturated carbocycles. The zero-order valence-corrected chi connectivity index (χ0v) is 38.7. The molecule has 0 aromatic heterocycles. The van der Waals surface area contributed by atoms with E-state index in [0.29, 0.717) is 72.1 Å². The van der Waals surface area contributed by atoms with Gasteiger partial charge < -0.3 is 28.7 Å². The van der Waals surface area contributed by atoms with Gasteiger partial charge >= 0.3 is 0 Å². The van der Waals surface area contributed by atoms with Crippen LogP contribution in [0.2, 0.25) is 0 Å². The summed E-state index contributed by atoms with van der Waals surface area (Å²) in [5.74, 6) is 1.85. The predicted molar refractivity (Wildman–Crippen MR) is 269 cm³/mol. The number of rotatable bonds is 10. The Labute approximate surface area is 409 Å². The van der Waals surface area contributed by atoms with Gasteiger partial charge in [0.2, 0.25) is 0 Å². The molecule has 0 atom stereocenters. The van der Waals surface area contributed by atoms with Crippen LogP contribution in [-0.2, 0) is 18.5 Å². The number of fused-ring (bicyclic) bond motifs is 4. The fraction of sp³-hybridized carbons (Fsp3) is 0.119. The summed E-state index contributed by atoms with van der Waals surface area (Å²) >= 11 is 0. The highest BCUT2D eigenvalue weighted by atomic mass is 16.5. The zero-order chi connectivity index (χ0) is 48.4. The van der Waals surface area contributed by atoms with E-state index in [0.717, 1.165) is 45.1 Å². The third-order valence-electron chi connectivity index (χ3n) is 13.7. The van der Waals surface area contributed by atoms with Crippen molar-refractivity contribution in [3.8, 4) is 34.5 Å². The summed E-state index contributed by atoms with van der Waals surface area (Å²) in [5, 5.41) is 0. The van der Waals surface area contributed by atoms with Gasteiger partial charge in [-0.25, -0.2) is 9.80 Å². The van der Waals surface area contributed by atoms with Gasteiger partial charge in [0.05, 0.1) is 33.6 Å². The van der Waals surface area contributed by atoms with E-state index in [2.05, 4.69) is 23.6 Å². The van der Waals surface area contributed by atoms with Crippen LogP contribution in [0.1, 0.15) is 77.5 Å². The Morgan fingerprint density at radius 1 is 0.394 bits per heavy atom. The summed E-state index contributed by atoms with van der Waals surface area (Å²) in [5.41, 5.74) is 7.61. The molecular weight excluding hydrogens is 893 g/mol. The van der Waals surface area contributed by atoms with Crippen LogP contribution in [0.4, 0.5) is 22.7 Å². The van der Waals surface area contributed by atoms with Crippen molar-refractivity contribution in [2.45, 2.75) is 32.4 Å². The Balaban J connectivity index is 0.690. The zero-order valence-electron chi connectivity index (χ0n) is 38.7. The second-order valence-electron chi connectivity index (χ2n) is 18.4. The Kier molecular flexibility index (Phi) is 10.4. The molecule has 0 fully saturated rings. The minimum atomic E-state index is -0.416. The number of imide groups is 2. The first kappa shape index (κ1) is 43.1. The summed E-state index contributed by atoms with van der Waals surface area (Å²) in [6, 6.07) is 56.2. The van der Waals surface area contributed by atoms with E-state index in [1.807, 2.05) is 133 Å². The first-order valence-electron chi connectivity index (χ1n) is 23.3.